The van der Waals surface area contributed by atoms with Crippen molar-refractivity contribution in [3.63, 3.8) is 0 Å². The van der Waals surface area contributed by atoms with Crippen LogP contribution in [0.1, 0.15) is 0 Å². The second kappa shape index (κ2) is 11.8. The Hall–Kier alpha value is -2.75. The number of para-hydroxylation sites is 1. The van der Waals surface area contributed by atoms with Crippen molar-refractivity contribution in [2.45, 2.75) is 5.16 Å². The van der Waals surface area contributed by atoms with E-state index in [1.807, 2.05) is 40.1 Å². The quantitative estimate of drug-likeness (QED) is 0.246. The molecule has 2 aliphatic rings. The number of aromatic nitrogens is 2. The molecule has 2 aliphatic heterocycles. The van der Waals surface area contributed by atoms with Gasteiger partial charge in [0.25, 0.3) is 0 Å². The molecule has 0 N–H and O–H groups in total. The largest absolute Gasteiger partial charge is 0.368 e. The SMILES string of the molecule is O=C(CSc1nc(Cl)cc(N2CCN(c3ccccc3F)CC2)n1)N1CCN(c2cccc(Cl)c2)CC1. The van der Waals surface area contributed by atoms with Gasteiger partial charge in [-0.25, -0.2) is 14.4 Å². The minimum atomic E-state index is -0.213. The highest BCUT2D eigenvalue weighted by atomic mass is 35.5. The first-order chi connectivity index (χ1) is 18.0. The summed E-state index contributed by atoms with van der Waals surface area (Å²) < 4.78 is 14.2. The molecule has 194 valence electrons. The Labute approximate surface area is 230 Å². The van der Waals surface area contributed by atoms with Crippen molar-refractivity contribution in [1.29, 1.82) is 0 Å². The van der Waals surface area contributed by atoms with Crippen molar-refractivity contribution in [3.8, 4) is 0 Å². The molecule has 0 aliphatic carbocycles. The number of nitrogens with zero attached hydrogens (tertiary/aromatic N) is 6. The molecule has 1 aromatic heterocycles. The van der Waals surface area contributed by atoms with E-state index in [4.69, 9.17) is 23.2 Å². The standard InChI is InChI=1S/C26H27Cl2FN6OS/c27-19-4-3-5-20(16-19)32-8-14-35(15-9-32)25(36)18-37-26-30-23(28)17-24(31-26)34-12-10-33(11-13-34)22-7-2-1-6-21(22)29/h1-7,16-17H,8-15,18H2. The number of anilines is 3. The van der Waals surface area contributed by atoms with E-state index in [9.17, 15) is 9.18 Å². The number of halogens is 3. The number of benzene rings is 2. The van der Waals surface area contributed by atoms with Gasteiger partial charge in [0.05, 0.1) is 11.4 Å². The number of carbonyl (C=O) groups is 1. The Morgan fingerprint density at radius 2 is 1.54 bits per heavy atom. The highest BCUT2D eigenvalue weighted by Gasteiger charge is 2.23. The lowest BCUT2D eigenvalue weighted by Crippen LogP contribution is -2.49. The smallest absolute Gasteiger partial charge is 0.233 e. The molecule has 0 atom stereocenters. The Morgan fingerprint density at radius 3 is 2.27 bits per heavy atom. The van der Waals surface area contributed by atoms with E-state index in [1.165, 1.54) is 17.8 Å². The lowest BCUT2D eigenvalue weighted by atomic mass is 10.2. The van der Waals surface area contributed by atoms with Crippen molar-refractivity contribution in [2.75, 3.05) is 72.8 Å². The Bertz CT molecular complexity index is 1250. The van der Waals surface area contributed by atoms with Gasteiger partial charge < -0.3 is 19.6 Å². The molecule has 5 rings (SSSR count). The molecule has 2 fully saturated rings. The van der Waals surface area contributed by atoms with Crippen molar-refractivity contribution in [1.82, 2.24) is 14.9 Å². The van der Waals surface area contributed by atoms with Crippen LogP contribution in [0.15, 0.2) is 59.8 Å². The molecule has 1 amide bonds. The third-order valence-electron chi connectivity index (χ3n) is 6.59. The normalized spacial score (nSPS) is 16.3. The maximum atomic E-state index is 14.2. The van der Waals surface area contributed by atoms with Gasteiger partial charge >= 0.3 is 0 Å². The molecule has 2 saturated heterocycles. The fourth-order valence-corrected chi connectivity index (χ4v) is 5.77. The van der Waals surface area contributed by atoms with Crippen LogP contribution in [-0.4, -0.2) is 78.9 Å². The maximum Gasteiger partial charge on any atom is 0.233 e. The van der Waals surface area contributed by atoms with Crippen molar-refractivity contribution in [3.05, 3.63) is 70.6 Å². The monoisotopic (exact) mass is 560 g/mol. The van der Waals surface area contributed by atoms with Crippen LogP contribution in [0.5, 0.6) is 0 Å². The second-order valence-corrected chi connectivity index (χ2v) is 10.7. The summed E-state index contributed by atoms with van der Waals surface area (Å²) in [5.41, 5.74) is 1.69. The zero-order chi connectivity index (χ0) is 25.8. The molecule has 7 nitrogen and oxygen atoms in total. The molecule has 0 radical (unpaired) electrons. The van der Waals surface area contributed by atoms with Gasteiger partial charge in [-0.2, -0.15) is 0 Å². The molecule has 37 heavy (non-hydrogen) atoms. The van der Waals surface area contributed by atoms with Crippen molar-refractivity contribution < 1.29 is 9.18 Å². The van der Waals surface area contributed by atoms with Crippen molar-refractivity contribution in [2.24, 2.45) is 0 Å². The number of thioether (sulfide) groups is 1. The molecule has 3 aromatic rings. The van der Waals surface area contributed by atoms with Crippen LogP contribution in [0.25, 0.3) is 0 Å². The highest BCUT2D eigenvalue weighted by Crippen LogP contribution is 2.26. The summed E-state index contributed by atoms with van der Waals surface area (Å²) in [7, 11) is 0. The van der Waals surface area contributed by atoms with Crippen LogP contribution in [0.3, 0.4) is 0 Å². The molecule has 2 aromatic carbocycles. The van der Waals surface area contributed by atoms with Gasteiger partial charge in [-0.1, -0.05) is 53.2 Å². The molecular formula is C26H27Cl2FN6OS. The highest BCUT2D eigenvalue weighted by molar-refractivity contribution is 7.99. The van der Waals surface area contributed by atoms with E-state index in [0.717, 1.165) is 24.6 Å². The summed E-state index contributed by atoms with van der Waals surface area (Å²) in [5, 5.41) is 1.52. The van der Waals surface area contributed by atoms with E-state index in [-0.39, 0.29) is 17.5 Å². The van der Waals surface area contributed by atoms with Crippen molar-refractivity contribution >= 4 is 58.1 Å². The fourth-order valence-electron chi connectivity index (χ4n) is 4.60. The molecule has 3 heterocycles. The van der Waals surface area contributed by atoms with Gasteiger partial charge in [0.2, 0.25) is 5.91 Å². The average Bonchev–Trinajstić information content (AvgIpc) is 2.92. The topological polar surface area (TPSA) is 55.8 Å². The van der Waals surface area contributed by atoms with E-state index < -0.39 is 0 Å². The lowest BCUT2D eigenvalue weighted by Gasteiger charge is -2.37. The summed E-state index contributed by atoms with van der Waals surface area (Å²) in [5.74, 6) is 0.811. The summed E-state index contributed by atoms with van der Waals surface area (Å²) in [6.07, 6.45) is 0. The number of amides is 1. The molecule has 11 heteroatoms. The van der Waals surface area contributed by atoms with Gasteiger partial charge in [0.1, 0.15) is 16.8 Å². The Morgan fingerprint density at radius 1 is 0.838 bits per heavy atom. The first-order valence-corrected chi connectivity index (χ1v) is 13.9. The summed E-state index contributed by atoms with van der Waals surface area (Å²) in [4.78, 5) is 30.1. The van der Waals surface area contributed by atoms with Crippen LogP contribution in [0, 0.1) is 5.82 Å². The number of piperazine rings is 2. The van der Waals surface area contributed by atoms with E-state index in [1.54, 1.807) is 18.2 Å². The fraction of sp³-hybridized carbons (Fsp3) is 0.346. The lowest BCUT2D eigenvalue weighted by molar-refractivity contribution is -0.128. The van der Waals surface area contributed by atoms with Crippen LogP contribution in [0.4, 0.5) is 21.6 Å². The number of carbonyl (C=O) groups excluding carboxylic acids is 1. The average molecular weight is 562 g/mol. The first-order valence-electron chi connectivity index (χ1n) is 12.2. The van der Waals surface area contributed by atoms with E-state index in [2.05, 4.69) is 19.8 Å². The zero-order valence-corrected chi connectivity index (χ0v) is 22.5. The van der Waals surface area contributed by atoms with E-state index in [0.29, 0.717) is 60.3 Å². The number of rotatable bonds is 6. The zero-order valence-electron chi connectivity index (χ0n) is 20.2. The van der Waals surface area contributed by atoms with Crippen LogP contribution in [-0.2, 0) is 4.79 Å². The molecular weight excluding hydrogens is 534 g/mol. The number of hydrogen-bond acceptors (Lipinski definition) is 7. The summed E-state index contributed by atoms with van der Waals surface area (Å²) in [6, 6.07) is 16.3. The molecule has 0 unspecified atom stereocenters. The van der Waals surface area contributed by atoms with Gasteiger partial charge in [-0.3, -0.25) is 4.79 Å². The van der Waals surface area contributed by atoms with Gasteiger partial charge in [-0.15, -0.1) is 0 Å². The van der Waals surface area contributed by atoms with Gasteiger partial charge in [-0.05, 0) is 30.3 Å². The third kappa shape index (κ3) is 6.40. The minimum absolute atomic E-state index is 0.0550. The van der Waals surface area contributed by atoms with Gasteiger partial charge in [0, 0.05) is 69.1 Å². The minimum Gasteiger partial charge on any atom is -0.368 e. The Balaban J connectivity index is 1.14. The predicted molar refractivity (Wildman–Crippen MR) is 149 cm³/mol. The molecule has 0 bridgehead atoms. The molecule has 0 spiro atoms. The predicted octanol–water partition coefficient (Wildman–Crippen LogP) is 4.69. The van der Waals surface area contributed by atoms with Crippen LogP contribution >= 0.6 is 35.0 Å². The maximum absolute atomic E-state index is 14.2. The molecule has 0 saturated carbocycles. The summed E-state index contributed by atoms with van der Waals surface area (Å²) >= 11 is 13.7. The third-order valence-corrected chi connectivity index (χ3v) is 7.85. The van der Waals surface area contributed by atoms with Crippen LogP contribution < -0.4 is 14.7 Å². The Kier molecular flexibility index (Phi) is 8.22. The number of hydrogen-bond donors (Lipinski definition) is 0. The first kappa shape index (κ1) is 25.9. The second-order valence-electron chi connectivity index (χ2n) is 8.89. The summed E-state index contributed by atoms with van der Waals surface area (Å²) in [6.45, 7) is 5.53. The van der Waals surface area contributed by atoms with Crippen LogP contribution in [0.2, 0.25) is 10.2 Å². The van der Waals surface area contributed by atoms with Gasteiger partial charge in [0.15, 0.2) is 5.16 Å². The van der Waals surface area contributed by atoms with E-state index >= 15 is 0 Å².